The molecule has 112 valence electrons. The molecule has 2 rings (SSSR count). The average Bonchev–Trinajstić information content (AvgIpc) is 2.94. The molecule has 1 saturated heterocycles. The predicted molar refractivity (Wildman–Crippen MR) is 77.1 cm³/mol. The lowest BCUT2D eigenvalue weighted by Gasteiger charge is -2.12. The minimum absolute atomic E-state index is 0.224. The normalized spacial score (nSPS) is 18.6. The molecular formula is C14H23N3O3. The summed E-state index contributed by atoms with van der Waals surface area (Å²) >= 11 is 0. The summed E-state index contributed by atoms with van der Waals surface area (Å²) in [6.45, 7) is 5.27. The summed E-state index contributed by atoms with van der Waals surface area (Å²) in [7, 11) is 0. The highest BCUT2D eigenvalue weighted by Crippen LogP contribution is 2.10. The number of nitrogens with zero attached hydrogens (tertiary/aromatic N) is 2. The molecule has 2 heterocycles. The van der Waals surface area contributed by atoms with E-state index >= 15 is 0 Å². The van der Waals surface area contributed by atoms with E-state index in [0.29, 0.717) is 19.6 Å². The van der Waals surface area contributed by atoms with Gasteiger partial charge in [-0.1, -0.05) is 6.92 Å². The Hall–Kier alpha value is -1.40. The number of hydrogen-bond donors (Lipinski definition) is 1. The van der Waals surface area contributed by atoms with Crippen molar-refractivity contribution in [1.82, 2.24) is 14.5 Å². The molecule has 0 saturated carbocycles. The molecule has 1 fully saturated rings. The van der Waals surface area contributed by atoms with E-state index in [4.69, 9.17) is 4.74 Å². The summed E-state index contributed by atoms with van der Waals surface area (Å²) in [4.78, 5) is 23.8. The van der Waals surface area contributed by atoms with Crippen LogP contribution in [0.2, 0.25) is 0 Å². The smallest absolute Gasteiger partial charge is 0.331 e. The fourth-order valence-corrected chi connectivity index (χ4v) is 2.43. The van der Waals surface area contributed by atoms with Crippen molar-refractivity contribution in [3.8, 4) is 0 Å². The lowest BCUT2D eigenvalue weighted by atomic mass is 10.2. The maximum absolute atomic E-state index is 12.1. The van der Waals surface area contributed by atoms with Crippen LogP contribution in [0.15, 0.2) is 21.9 Å². The maximum Gasteiger partial charge on any atom is 0.331 e. The number of rotatable bonds is 7. The molecule has 1 N–H and O–H groups in total. The first-order valence-corrected chi connectivity index (χ1v) is 7.35. The summed E-state index contributed by atoms with van der Waals surface area (Å²) in [6.07, 6.45) is 4.92. The third-order valence-electron chi connectivity index (χ3n) is 3.51. The number of ether oxygens (including phenoxy) is 1. The zero-order chi connectivity index (χ0) is 14.4. The van der Waals surface area contributed by atoms with Crippen LogP contribution < -0.4 is 16.6 Å². The lowest BCUT2D eigenvalue weighted by Crippen LogP contribution is -2.41. The minimum Gasteiger partial charge on any atom is -0.377 e. The molecule has 0 aromatic carbocycles. The molecular weight excluding hydrogens is 258 g/mol. The van der Waals surface area contributed by atoms with E-state index in [9.17, 15) is 9.59 Å². The molecule has 1 atom stereocenters. The predicted octanol–water partition coefficient (Wildman–Crippen LogP) is 0.189. The van der Waals surface area contributed by atoms with Crippen LogP contribution in [0.4, 0.5) is 0 Å². The quantitative estimate of drug-likeness (QED) is 0.725. The average molecular weight is 281 g/mol. The van der Waals surface area contributed by atoms with Crippen molar-refractivity contribution >= 4 is 0 Å². The van der Waals surface area contributed by atoms with Crippen LogP contribution in [-0.4, -0.2) is 34.9 Å². The Morgan fingerprint density at radius 1 is 1.40 bits per heavy atom. The van der Waals surface area contributed by atoms with E-state index in [1.807, 2.05) is 6.92 Å². The Kier molecular flexibility index (Phi) is 5.55. The van der Waals surface area contributed by atoms with Gasteiger partial charge in [0.1, 0.15) is 0 Å². The second-order valence-electron chi connectivity index (χ2n) is 5.12. The molecule has 1 aliphatic rings. The largest absolute Gasteiger partial charge is 0.377 e. The van der Waals surface area contributed by atoms with Gasteiger partial charge >= 0.3 is 5.69 Å². The molecule has 1 aromatic heterocycles. The molecule has 6 nitrogen and oxygen atoms in total. The molecule has 1 aliphatic heterocycles. The summed E-state index contributed by atoms with van der Waals surface area (Å²) in [5, 5.41) is 3.25. The van der Waals surface area contributed by atoms with Gasteiger partial charge in [0.25, 0.3) is 5.56 Å². The van der Waals surface area contributed by atoms with Crippen LogP contribution in [0.1, 0.15) is 26.2 Å². The van der Waals surface area contributed by atoms with E-state index in [0.717, 1.165) is 32.4 Å². The second-order valence-corrected chi connectivity index (χ2v) is 5.12. The third-order valence-corrected chi connectivity index (χ3v) is 3.51. The van der Waals surface area contributed by atoms with Crippen molar-refractivity contribution in [2.24, 2.45) is 0 Å². The highest BCUT2D eigenvalue weighted by atomic mass is 16.5. The van der Waals surface area contributed by atoms with Crippen LogP contribution in [0.5, 0.6) is 0 Å². The van der Waals surface area contributed by atoms with Gasteiger partial charge in [0.05, 0.1) is 6.10 Å². The highest BCUT2D eigenvalue weighted by Gasteiger charge is 2.14. The monoisotopic (exact) mass is 281 g/mol. The van der Waals surface area contributed by atoms with Gasteiger partial charge in [0, 0.05) is 45.0 Å². The Morgan fingerprint density at radius 3 is 2.95 bits per heavy atom. The van der Waals surface area contributed by atoms with E-state index in [-0.39, 0.29) is 17.4 Å². The van der Waals surface area contributed by atoms with Gasteiger partial charge < -0.3 is 14.6 Å². The summed E-state index contributed by atoms with van der Waals surface area (Å²) < 4.78 is 8.38. The van der Waals surface area contributed by atoms with Gasteiger partial charge in [0.2, 0.25) is 0 Å². The zero-order valence-electron chi connectivity index (χ0n) is 12.0. The summed E-state index contributed by atoms with van der Waals surface area (Å²) in [6, 6.07) is 1.46. The van der Waals surface area contributed by atoms with Gasteiger partial charge in [-0.25, -0.2) is 4.79 Å². The molecule has 1 unspecified atom stereocenters. The summed E-state index contributed by atoms with van der Waals surface area (Å²) in [5.41, 5.74) is -0.459. The first kappa shape index (κ1) is 15.0. The zero-order valence-corrected chi connectivity index (χ0v) is 12.0. The van der Waals surface area contributed by atoms with Crippen molar-refractivity contribution in [2.75, 3.05) is 19.7 Å². The highest BCUT2D eigenvalue weighted by molar-refractivity contribution is 4.86. The van der Waals surface area contributed by atoms with Crippen LogP contribution in [0.25, 0.3) is 0 Å². The molecule has 0 spiro atoms. The van der Waals surface area contributed by atoms with Gasteiger partial charge in [-0.2, -0.15) is 0 Å². The van der Waals surface area contributed by atoms with Crippen LogP contribution in [0, 0.1) is 0 Å². The number of hydrogen-bond acceptors (Lipinski definition) is 4. The number of nitrogens with one attached hydrogen (secondary N) is 1. The van der Waals surface area contributed by atoms with E-state index in [1.165, 1.54) is 10.6 Å². The lowest BCUT2D eigenvalue weighted by molar-refractivity contribution is 0.110. The van der Waals surface area contributed by atoms with Crippen LogP contribution >= 0.6 is 0 Å². The maximum atomic E-state index is 12.1. The minimum atomic E-state index is -0.235. The Balaban J connectivity index is 1.89. The topological polar surface area (TPSA) is 65.3 Å². The first-order valence-electron chi connectivity index (χ1n) is 7.35. The second kappa shape index (κ2) is 7.40. The van der Waals surface area contributed by atoms with Crippen molar-refractivity contribution in [2.45, 2.75) is 45.4 Å². The van der Waals surface area contributed by atoms with E-state index < -0.39 is 0 Å². The van der Waals surface area contributed by atoms with Crippen molar-refractivity contribution in [3.63, 3.8) is 0 Å². The van der Waals surface area contributed by atoms with Crippen molar-refractivity contribution in [3.05, 3.63) is 33.1 Å². The summed E-state index contributed by atoms with van der Waals surface area (Å²) in [5.74, 6) is 0. The molecule has 20 heavy (non-hydrogen) atoms. The van der Waals surface area contributed by atoms with Crippen molar-refractivity contribution < 1.29 is 4.74 Å². The van der Waals surface area contributed by atoms with E-state index in [2.05, 4.69) is 5.32 Å². The number of aromatic nitrogens is 2. The first-order chi connectivity index (χ1) is 9.72. The van der Waals surface area contributed by atoms with Gasteiger partial charge in [-0.05, 0) is 19.3 Å². The van der Waals surface area contributed by atoms with Crippen LogP contribution in [0.3, 0.4) is 0 Å². The Labute approximate surface area is 118 Å². The van der Waals surface area contributed by atoms with Crippen molar-refractivity contribution in [1.29, 1.82) is 0 Å². The van der Waals surface area contributed by atoms with Gasteiger partial charge in [0.15, 0.2) is 0 Å². The number of aryl methyl sites for hydroxylation is 1. The standard InChI is InChI=1S/C14H23N3O3/c1-2-7-16-8-5-13(18)17(14(16)19)9-6-15-11-12-4-3-10-20-12/h5,8,12,15H,2-4,6-7,9-11H2,1H3. The molecule has 6 heteroatoms. The molecule has 0 bridgehead atoms. The SMILES string of the molecule is CCCn1ccc(=O)n(CCNCC2CCCO2)c1=O. The van der Waals surface area contributed by atoms with Crippen LogP contribution in [-0.2, 0) is 17.8 Å². The fraction of sp³-hybridized carbons (Fsp3) is 0.714. The Bertz CT molecular complexity index is 529. The van der Waals surface area contributed by atoms with Gasteiger partial charge in [-0.15, -0.1) is 0 Å². The fourth-order valence-electron chi connectivity index (χ4n) is 2.43. The molecule has 0 amide bonds. The molecule has 0 aliphatic carbocycles. The van der Waals surface area contributed by atoms with E-state index in [1.54, 1.807) is 10.8 Å². The third kappa shape index (κ3) is 3.80. The Morgan fingerprint density at radius 2 is 2.25 bits per heavy atom. The molecule has 1 aromatic rings. The van der Waals surface area contributed by atoms with Gasteiger partial charge in [-0.3, -0.25) is 9.36 Å². The molecule has 0 radical (unpaired) electrons.